The van der Waals surface area contributed by atoms with Crippen LogP contribution in [-0.2, 0) is 9.84 Å². The summed E-state index contributed by atoms with van der Waals surface area (Å²) < 4.78 is 29.2. The first-order valence-corrected chi connectivity index (χ1v) is 7.50. The van der Waals surface area contributed by atoms with Gasteiger partial charge in [0.15, 0.2) is 9.84 Å². The third kappa shape index (κ3) is 4.46. The SMILES string of the molecule is CC(C)S(=O)(=O)c1ccc(OCCCN=[N+]=[N-])cc1. The smallest absolute Gasteiger partial charge is 0.180 e. The van der Waals surface area contributed by atoms with Gasteiger partial charge in [0.25, 0.3) is 0 Å². The van der Waals surface area contributed by atoms with E-state index < -0.39 is 15.1 Å². The van der Waals surface area contributed by atoms with E-state index in [0.717, 1.165) is 0 Å². The van der Waals surface area contributed by atoms with Crippen molar-refractivity contribution >= 4 is 9.84 Å². The molecule has 1 aromatic rings. The highest BCUT2D eigenvalue weighted by Crippen LogP contribution is 2.19. The van der Waals surface area contributed by atoms with Crippen LogP contribution in [0.25, 0.3) is 10.4 Å². The number of nitrogens with zero attached hydrogens (tertiary/aromatic N) is 3. The maximum atomic E-state index is 11.9. The predicted molar refractivity (Wildman–Crippen MR) is 72.9 cm³/mol. The van der Waals surface area contributed by atoms with Crippen molar-refractivity contribution in [3.8, 4) is 5.75 Å². The van der Waals surface area contributed by atoms with Gasteiger partial charge in [-0.3, -0.25) is 0 Å². The molecule has 104 valence electrons. The molecule has 0 bridgehead atoms. The predicted octanol–water partition coefficient (Wildman–Crippen LogP) is 2.95. The van der Waals surface area contributed by atoms with Gasteiger partial charge in [-0.05, 0) is 50.1 Å². The van der Waals surface area contributed by atoms with Crippen molar-refractivity contribution in [2.45, 2.75) is 30.4 Å². The van der Waals surface area contributed by atoms with E-state index in [1.807, 2.05) is 0 Å². The largest absolute Gasteiger partial charge is 0.494 e. The van der Waals surface area contributed by atoms with Crippen LogP contribution in [0.5, 0.6) is 5.75 Å². The Morgan fingerprint density at radius 1 is 1.32 bits per heavy atom. The van der Waals surface area contributed by atoms with Crippen molar-refractivity contribution in [3.63, 3.8) is 0 Å². The Morgan fingerprint density at radius 3 is 2.47 bits per heavy atom. The van der Waals surface area contributed by atoms with Crippen LogP contribution in [0.15, 0.2) is 34.3 Å². The minimum Gasteiger partial charge on any atom is -0.494 e. The van der Waals surface area contributed by atoms with Gasteiger partial charge < -0.3 is 4.74 Å². The Balaban J connectivity index is 2.60. The molecule has 7 heteroatoms. The molecule has 0 saturated carbocycles. The highest BCUT2D eigenvalue weighted by Gasteiger charge is 2.18. The van der Waals surface area contributed by atoms with Crippen LogP contribution in [0.4, 0.5) is 0 Å². The highest BCUT2D eigenvalue weighted by atomic mass is 32.2. The molecular formula is C12H17N3O3S. The van der Waals surface area contributed by atoms with E-state index in [9.17, 15) is 8.42 Å². The molecular weight excluding hydrogens is 266 g/mol. The summed E-state index contributed by atoms with van der Waals surface area (Å²) in [7, 11) is -3.24. The average molecular weight is 283 g/mol. The van der Waals surface area contributed by atoms with E-state index in [2.05, 4.69) is 10.0 Å². The summed E-state index contributed by atoms with van der Waals surface area (Å²) in [5, 5.41) is 2.95. The fourth-order valence-electron chi connectivity index (χ4n) is 1.37. The Labute approximate surface area is 112 Å². The van der Waals surface area contributed by atoms with Gasteiger partial charge in [0, 0.05) is 11.5 Å². The van der Waals surface area contributed by atoms with Crippen molar-refractivity contribution in [2.24, 2.45) is 5.11 Å². The zero-order valence-corrected chi connectivity index (χ0v) is 11.8. The van der Waals surface area contributed by atoms with Crippen LogP contribution in [0.2, 0.25) is 0 Å². The van der Waals surface area contributed by atoms with Crippen molar-refractivity contribution in [3.05, 3.63) is 34.7 Å². The van der Waals surface area contributed by atoms with Crippen molar-refractivity contribution in [1.29, 1.82) is 0 Å². The molecule has 0 heterocycles. The minimum atomic E-state index is -3.24. The van der Waals surface area contributed by atoms with E-state index in [1.54, 1.807) is 26.0 Å². The lowest BCUT2D eigenvalue weighted by Crippen LogP contribution is -2.13. The van der Waals surface area contributed by atoms with Crippen molar-refractivity contribution in [1.82, 2.24) is 0 Å². The van der Waals surface area contributed by atoms with E-state index in [4.69, 9.17) is 10.3 Å². The van der Waals surface area contributed by atoms with Gasteiger partial charge >= 0.3 is 0 Å². The molecule has 0 aliphatic heterocycles. The second kappa shape index (κ2) is 7.01. The zero-order chi connectivity index (χ0) is 14.3. The van der Waals surface area contributed by atoms with Gasteiger partial charge in [0.2, 0.25) is 0 Å². The van der Waals surface area contributed by atoms with Gasteiger partial charge in [0.05, 0.1) is 16.8 Å². The fraction of sp³-hybridized carbons (Fsp3) is 0.500. The molecule has 0 radical (unpaired) electrons. The molecule has 0 atom stereocenters. The van der Waals surface area contributed by atoms with Crippen molar-refractivity contribution in [2.75, 3.05) is 13.2 Å². The highest BCUT2D eigenvalue weighted by molar-refractivity contribution is 7.92. The molecule has 0 fully saturated rings. The van der Waals surface area contributed by atoms with Crippen LogP contribution in [0, 0.1) is 0 Å². The number of hydrogen-bond donors (Lipinski definition) is 0. The standard InChI is InChI=1S/C12H17N3O3S/c1-10(2)19(16,17)12-6-4-11(5-7-12)18-9-3-8-14-15-13/h4-7,10H,3,8-9H2,1-2H3. The molecule has 0 spiro atoms. The minimum absolute atomic E-state index is 0.295. The first-order valence-electron chi connectivity index (χ1n) is 5.96. The van der Waals surface area contributed by atoms with Crippen LogP contribution < -0.4 is 4.74 Å². The molecule has 0 N–H and O–H groups in total. The molecule has 0 saturated heterocycles. The molecule has 0 unspecified atom stereocenters. The maximum Gasteiger partial charge on any atom is 0.180 e. The molecule has 19 heavy (non-hydrogen) atoms. The second-order valence-corrected chi connectivity index (χ2v) is 6.73. The number of ether oxygens (including phenoxy) is 1. The van der Waals surface area contributed by atoms with Crippen LogP contribution in [0.3, 0.4) is 0 Å². The maximum absolute atomic E-state index is 11.9. The number of azide groups is 1. The molecule has 0 amide bonds. The lowest BCUT2D eigenvalue weighted by atomic mass is 10.3. The monoisotopic (exact) mass is 283 g/mol. The third-order valence-electron chi connectivity index (χ3n) is 2.51. The summed E-state index contributed by atoms with van der Waals surface area (Å²) >= 11 is 0. The Bertz CT molecular complexity index is 546. The number of sulfone groups is 1. The van der Waals surface area contributed by atoms with Gasteiger partial charge in [0.1, 0.15) is 5.75 Å². The van der Waals surface area contributed by atoms with Crippen LogP contribution >= 0.6 is 0 Å². The quantitative estimate of drug-likeness (QED) is 0.333. The summed E-state index contributed by atoms with van der Waals surface area (Å²) in [6, 6.07) is 6.34. The van der Waals surface area contributed by atoms with Crippen LogP contribution in [0.1, 0.15) is 20.3 Å². The molecule has 0 aliphatic carbocycles. The fourth-order valence-corrected chi connectivity index (χ4v) is 2.43. The van der Waals surface area contributed by atoms with E-state index in [1.165, 1.54) is 12.1 Å². The second-order valence-electron chi connectivity index (χ2n) is 4.22. The zero-order valence-electron chi connectivity index (χ0n) is 11.0. The molecule has 1 rings (SSSR count). The molecule has 0 aromatic heterocycles. The Hall–Kier alpha value is -1.72. The lowest BCUT2D eigenvalue weighted by molar-refractivity contribution is 0.313. The molecule has 0 aliphatic rings. The summed E-state index contributed by atoms with van der Waals surface area (Å²) in [6.07, 6.45) is 0.621. The summed E-state index contributed by atoms with van der Waals surface area (Å²) in [5.41, 5.74) is 8.09. The summed E-state index contributed by atoms with van der Waals surface area (Å²) in [4.78, 5) is 2.93. The molecule has 1 aromatic carbocycles. The summed E-state index contributed by atoms with van der Waals surface area (Å²) in [5.74, 6) is 0.601. The molecule has 6 nitrogen and oxygen atoms in total. The number of rotatable bonds is 7. The number of hydrogen-bond acceptors (Lipinski definition) is 4. The van der Waals surface area contributed by atoms with E-state index in [-0.39, 0.29) is 0 Å². The van der Waals surface area contributed by atoms with Crippen LogP contribution in [-0.4, -0.2) is 26.8 Å². The van der Waals surface area contributed by atoms with Gasteiger partial charge in [-0.2, -0.15) is 0 Å². The first kappa shape index (κ1) is 15.3. The van der Waals surface area contributed by atoms with Crippen molar-refractivity contribution < 1.29 is 13.2 Å². The van der Waals surface area contributed by atoms with E-state index in [0.29, 0.717) is 30.2 Å². The van der Waals surface area contributed by atoms with Gasteiger partial charge in [-0.1, -0.05) is 5.11 Å². The first-order chi connectivity index (χ1) is 8.98. The normalized spacial score (nSPS) is 11.1. The third-order valence-corrected chi connectivity index (χ3v) is 4.68. The number of benzene rings is 1. The van der Waals surface area contributed by atoms with E-state index >= 15 is 0 Å². The topological polar surface area (TPSA) is 92.1 Å². The Morgan fingerprint density at radius 2 is 1.95 bits per heavy atom. The van der Waals surface area contributed by atoms with Gasteiger partial charge in [-0.25, -0.2) is 8.42 Å². The average Bonchev–Trinajstić information content (AvgIpc) is 2.39. The Kier molecular flexibility index (Phi) is 5.66. The lowest BCUT2D eigenvalue weighted by Gasteiger charge is -2.09. The van der Waals surface area contributed by atoms with Gasteiger partial charge in [-0.15, -0.1) is 0 Å². The summed E-state index contributed by atoms with van der Waals surface area (Å²) in [6.45, 7) is 4.11.